The molecule has 0 unspecified atom stereocenters. The van der Waals surface area contributed by atoms with Gasteiger partial charge in [-0.25, -0.2) is 13.2 Å². The molecule has 0 bridgehead atoms. The van der Waals surface area contributed by atoms with Crippen LogP contribution in [0.25, 0.3) is 0 Å². The molecule has 2 rings (SSSR count). The Morgan fingerprint density at radius 1 is 1.27 bits per heavy atom. The van der Waals surface area contributed by atoms with Crippen LogP contribution in [0.3, 0.4) is 0 Å². The minimum atomic E-state index is -3.02. The summed E-state index contributed by atoms with van der Waals surface area (Å²) in [4.78, 5) is 35.8. The third-order valence-corrected chi connectivity index (χ3v) is 6.94. The highest BCUT2D eigenvalue weighted by Crippen LogP contribution is 2.25. The zero-order chi connectivity index (χ0) is 19.2. The fourth-order valence-corrected chi connectivity index (χ4v) is 5.81. The Kier molecular flexibility index (Phi) is 7.04. The second kappa shape index (κ2) is 9.04. The molecule has 8 nitrogen and oxygen atoms in total. The monoisotopic (exact) mass is 400 g/mol. The van der Waals surface area contributed by atoms with Crippen LogP contribution < -0.4 is 10.6 Å². The van der Waals surface area contributed by atoms with Gasteiger partial charge in [0.05, 0.1) is 17.3 Å². The van der Waals surface area contributed by atoms with Crippen LogP contribution in [-0.2, 0) is 24.2 Å². The smallest absolute Gasteiger partial charge is 0.321 e. The minimum Gasteiger partial charge on any atom is -0.447 e. The molecule has 10 heteroatoms. The summed E-state index contributed by atoms with van der Waals surface area (Å²) in [6.07, 6.45) is -0.770. The van der Waals surface area contributed by atoms with Gasteiger partial charge < -0.3 is 10.1 Å². The number of benzene rings is 1. The molecule has 1 aromatic rings. The van der Waals surface area contributed by atoms with Crippen molar-refractivity contribution in [1.82, 2.24) is 10.6 Å². The predicted octanol–water partition coefficient (Wildman–Crippen LogP) is 0.647. The van der Waals surface area contributed by atoms with Crippen molar-refractivity contribution in [2.24, 2.45) is 0 Å². The van der Waals surface area contributed by atoms with Gasteiger partial charge >= 0.3 is 12.0 Å². The minimum absolute atomic E-state index is 0.0459. The number of ether oxygens (including phenoxy) is 1. The third kappa shape index (κ3) is 6.03. The largest absolute Gasteiger partial charge is 0.447 e. The first-order valence-corrected chi connectivity index (χ1v) is 10.8. The van der Waals surface area contributed by atoms with Crippen LogP contribution in [0.4, 0.5) is 4.79 Å². The van der Waals surface area contributed by atoms with Crippen molar-refractivity contribution in [3.05, 3.63) is 35.9 Å². The van der Waals surface area contributed by atoms with Gasteiger partial charge in [-0.15, -0.1) is 11.8 Å². The number of carbonyl (C=O) groups is 3. The number of nitrogens with one attached hydrogen (secondary N) is 2. The van der Waals surface area contributed by atoms with E-state index in [0.717, 1.165) is 0 Å². The maximum absolute atomic E-state index is 12.3. The molecule has 1 saturated heterocycles. The molecule has 0 saturated carbocycles. The summed E-state index contributed by atoms with van der Waals surface area (Å²) in [7, 11) is -1.66. The highest BCUT2D eigenvalue weighted by atomic mass is 32.2. The van der Waals surface area contributed by atoms with Crippen molar-refractivity contribution in [1.29, 1.82) is 0 Å². The second-order valence-electron chi connectivity index (χ2n) is 5.69. The maximum Gasteiger partial charge on any atom is 0.321 e. The van der Waals surface area contributed by atoms with Gasteiger partial charge in [0, 0.05) is 17.9 Å². The van der Waals surface area contributed by atoms with Gasteiger partial charge in [0.15, 0.2) is 9.84 Å². The molecule has 2 N–H and O–H groups in total. The zero-order valence-corrected chi connectivity index (χ0v) is 15.8. The van der Waals surface area contributed by atoms with Crippen molar-refractivity contribution in [3.63, 3.8) is 0 Å². The molecular weight excluding hydrogens is 380 g/mol. The Morgan fingerprint density at radius 3 is 2.54 bits per heavy atom. The Balaban J connectivity index is 1.98. The molecule has 1 aromatic carbocycles. The highest BCUT2D eigenvalue weighted by Gasteiger charge is 2.30. The summed E-state index contributed by atoms with van der Waals surface area (Å²) < 4.78 is 28.2. The molecule has 0 radical (unpaired) electrons. The Hall–Kier alpha value is -2.07. The summed E-state index contributed by atoms with van der Waals surface area (Å²) in [6, 6.07) is 7.62. The van der Waals surface area contributed by atoms with E-state index < -0.39 is 33.8 Å². The van der Waals surface area contributed by atoms with Crippen LogP contribution in [-0.4, -0.2) is 55.9 Å². The van der Waals surface area contributed by atoms with Crippen molar-refractivity contribution < 1.29 is 27.5 Å². The molecule has 0 spiro atoms. The van der Waals surface area contributed by atoms with Crippen molar-refractivity contribution >= 4 is 39.5 Å². The molecule has 1 fully saturated rings. The van der Waals surface area contributed by atoms with Gasteiger partial charge in [0.1, 0.15) is 0 Å². The van der Waals surface area contributed by atoms with E-state index in [4.69, 9.17) is 4.74 Å². The van der Waals surface area contributed by atoms with Gasteiger partial charge in [-0.2, -0.15) is 0 Å². The number of sulfone groups is 1. The van der Waals surface area contributed by atoms with Crippen molar-refractivity contribution in [2.45, 2.75) is 17.8 Å². The first kappa shape index (κ1) is 20.2. The van der Waals surface area contributed by atoms with E-state index in [1.807, 2.05) is 0 Å². The summed E-state index contributed by atoms with van der Waals surface area (Å²) in [5, 5.41) is 4.19. The molecule has 26 heavy (non-hydrogen) atoms. The van der Waals surface area contributed by atoms with Crippen LogP contribution in [0.5, 0.6) is 0 Å². The van der Waals surface area contributed by atoms with Crippen LogP contribution in [0.2, 0.25) is 0 Å². The molecule has 0 aliphatic carbocycles. The molecule has 1 heterocycles. The van der Waals surface area contributed by atoms with Gasteiger partial charge in [0.2, 0.25) is 6.10 Å². The lowest BCUT2D eigenvalue weighted by Crippen LogP contribution is -2.41. The fourth-order valence-electron chi connectivity index (χ4n) is 2.38. The number of hydrogen-bond acceptors (Lipinski definition) is 7. The first-order valence-electron chi connectivity index (χ1n) is 7.90. The topological polar surface area (TPSA) is 119 Å². The van der Waals surface area contributed by atoms with E-state index in [2.05, 4.69) is 10.6 Å². The van der Waals surface area contributed by atoms with Crippen molar-refractivity contribution in [3.8, 4) is 0 Å². The standard InChI is InChI=1S/C16H20N2O6S2/c1-17-16(21)18-15(20)14(11-5-3-2-4-6-11)24-13(19)9-25-12-7-8-26(22,23)10-12/h2-6,12,14H,7-10H2,1H3,(H2,17,18,20,21)/t12-,14+/m1/s1. The Labute approximate surface area is 156 Å². The van der Waals surface area contributed by atoms with Gasteiger partial charge in [-0.05, 0) is 6.42 Å². The molecular formula is C16H20N2O6S2. The molecule has 3 amide bonds. The molecule has 1 aliphatic rings. The molecule has 0 aromatic heterocycles. The summed E-state index contributed by atoms with van der Waals surface area (Å²) in [6.45, 7) is 0. The van der Waals surface area contributed by atoms with Crippen LogP contribution in [0.1, 0.15) is 18.1 Å². The van der Waals surface area contributed by atoms with Crippen LogP contribution >= 0.6 is 11.8 Å². The number of imide groups is 1. The van der Waals surface area contributed by atoms with Gasteiger partial charge in [0.25, 0.3) is 5.91 Å². The highest BCUT2D eigenvalue weighted by molar-refractivity contribution is 8.02. The lowest BCUT2D eigenvalue weighted by atomic mass is 10.1. The SMILES string of the molecule is CNC(=O)NC(=O)[C@@H](OC(=O)CS[C@@H]1CCS(=O)(=O)C1)c1ccccc1. The molecule has 142 valence electrons. The van der Waals surface area contributed by atoms with Gasteiger partial charge in [-0.1, -0.05) is 30.3 Å². The quantitative estimate of drug-likeness (QED) is 0.673. The van der Waals surface area contributed by atoms with E-state index in [1.165, 1.54) is 18.8 Å². The number of urea groups is 1. The van der Waals surface area contributed by atoms with E-state index in [1.54, 1.807) is 30.3 Å². The third-order valence-electron chi connectivity index (χ3n) is 3.68. The van der Waals surface area contributed by atoms with Crippen molar-refractivity contribution in [2.75, 3.05) is 24.3 Å². The number of amides is 3. The average molecular weight is 400 g/mol. The first-order chi connectivity index (χ1) is 12.3. The number of esters is 1. The normalized spacial score (nSPS) is 19.3. The summed E-state index contributed by atoms with van der Waals surface area (Å²) in [5.74, 6) is -1.32. The number of hydrogen-bond donors (Lipinski definition) is 2. The molecule has 2 atom stereocenters. The predicted molar refractivity (Wildman–Crippen MR) is 97.4 cm³/mol. The zero-order valence-electron chi connectivity index (χ0n) is 14.1. The molecule has 1 aliphatic heterocycles. The van der Waals surface area contributed by atoms with E-state index in [9.17, 15) is 22.8 Å². The fraction of sp³-hybridized carbons (Fsp3) is 0.438. The van der Waals surface area contributed by atoms with Crippen LogP contribution in [0, 0.1) is 0 Å². The van der Waals surface area contributed by atoms with E-state index >= 15 is 0 Å². The summed E-state index contributed by atoms with van der Waals surface area (Å²) >= 11 is 1.20. The number of rotatable bonds is 6. The number of carbonyl (C=O) groups excluding carboxylic acids is 3. The average Bonchev–Trinajstić information content (AvgIpc) is 2.97. The second-order valence-corrected chi connectivity index (χ2v) is 9.20. The Morgan fingerprint density at radius 2 is 1.96 bits per heavy atom. The van der Waals surface area contributed by atoms with Gasteiger partial charge in [-0.3, -0.25) is 14.9 Å². The lowest BCUT2D eigenvalue weighted by molar-refractivity contribution is -0.153. The number of thioether (sulfide) groups is 1. The van der Waals surface area contributed by atoms with Crippen LogP contribution in [0.15, 0.2) is 30.3 Å². The van der Waals surface area contributed by atoms with E-state index in [-0.39, 0.29) is 22.5 Å². The Bertz CT molecular complexity index is 766. The lowest BCUT2D eigenvalue weighted by Gasteiger charge is -2.18. The summed E-state index contributed by atoms with van der Waals surface area (Å²) in [5.41, 5.74) is 0.427. The maximum atomic E-state index is 12.3. The van der Waals surface area contributed by atoms with E-state index in [0.29, 0.717) is 12.0 Å².